The van der Waals surface area contributed by atoms with Crippen molar-refractivity contribution in [2.24, 2.45) is 0 Å². The second-order valence-corrected chi connectivity index (χ2v) is 5.70. The van der Waals surface area contributed by atoms with Crippen molar-refractivity contribution < 1.29 is 0 Å². The van der Waals surface area contributed by atoms with Gasteiger partial charge in [-0.3, -0.25) is 0 Å². The summed E-state index contributed by atoms with van der Waals surface area (Å²) in [5.41, 5.74) is 1.35. The van der Waals surface area contributed by atoms with Gasteiger partial charge in [-0.1, -0.05) is 18.6 Å². The first kappa shape index (κ1) is 12.9. The van der Waals surface area contributed by atoms with Crippen LogP contribution in [-0.4, -0.2) is 6.54 Å². The number of nitrogens with one attached hydrogen (secondary N) is 1. The highest BCUT2D eigenvalue weighted by atomic mass is 79.9. The third-order valence-electron chi connectivity index (χ3n) is 2.01. The molecule has 0 bridgehead atoms. The first-order valence-corrected chi connectivity index (χ1v) is 6.93. The van der Waals surface area contributed by atoms with E-state index in [1.165, 1.54) is 21.3 Å². The average Bonchev–Trinajstić information content (AvgIpc) is 2.58. The summed E-state index contributed by atoms with van der Waals surface area (Å²) in [6, 6.07) is 2.56. The Balaban J connectivity index is 2.76. The van der Waals surface area contributed by atoms with Crippen molar-refractivity contribution in [1.82, 2.24) is 5.32 Å². The lowest BCUT2D eigenvalue weighted by Gasteiger charge is -2.13. The van der Waals surface area contributed by atoms with E-state index in [-0.39, 0.29) is 0 Å². The highest BCUT2D eigenvalue weighted by molar-refractivity contribution is 9.10. The van der Waals surface area contributed by atoms with Gasteiger partial charge in [0, 0.05) is 14.7 Å². The van der Waals surface area contributed by atoms with Gasteiger partial charge in [0.2, 0.25) is 0 Å². The molecule has 0 saturated carbocycles. The molecule has 1 rings (SSSR count). The fourth-order valence-corrected chi connectivity index (χ4v) is 2.85. The summed E-state index contributed by atoms with van der Waals surface area (Å²) < 4.78 is 1.17. The molecule has 1 nitrogen and oxygen atoms in total. The SMILES string of the molecule is CCCNC(C=C(C)C)c1cc(Br)cs1. The molecule has 0 aliphatic rings. The lowest BCUT2D eigenvalue weighted by molar-refractivity contribution is 0.617. The van der Waals surface area contributed by atoms with Gasteiger partial charge in [-0.05, 0) is 48.8 Å². The van der Waals surface area contributed by atoms with Gasteiger partial charge in [-0.2, -0.15) is 0 Å². The molecule has 3 heteroatoms. The molecule has 1 aromatic rings. The Bertz CT molecular complexity index is 326. The van der Waals surface area contributed by atoms with Crippen LogP contribution in [0.5, 0.6) is 0 Å². The number of hydrogen-bond acceptors (Lipinski definition) is 2. The maximum atomic E-state index is 3.54. The van der Waals surface area contributed by atoms with Gasteiger partial charge in [-0.25, -0.2) is 0 Å². The Labute approximate surface area is 105 Å². The fraction of sp³-hybridized carbons (Fsp3) is 0.500. The van der Waals surface area contributed by atoms with Crippen LogP contribution in [0.3, 0.4) is 0 Å². The monoisotopic (exact) mass is 287 g/mol. The minimum absolute atomic E-state index is 0.367. The molecule has 1 unspecified atom stereocenters. The zero-order valence-corrected chi connectivity index (χ0v) is 11.9. The van der Waals surface area contributed by atoms with E-state index < -0.39 is 0 Å². The molecule has 15 heavy (non-hydrogen) atoms. The van der Waals surface area contributed by atoms with Gasteiger partial charge < -0.3 is 5.32 Å². The van der Waals surface area contributed by atoms with Crippen LogP contribution in [-0.2, 0) is 0 Å². The van der Waals surface area contributed by atoms with Gasteiger partial charge in [0.05, 0.1) is 6.04 Å². The quantitative estimate of drug-likeness (QED) is 0.786. The second kappa shape index (κ2) is 6.46. The Morgan fingerprint density at radius 3 is 2.80 bits per heavy atom. The second-order valence-electron chi connectivity index (χ2n) is 3.84. The van der Waals surface area contributed by atoms with Gasteiger partial charge in [0.25, 0.3) is 0 Å². The maximum Gasteiger partial charge on any atom is 0.0603 e. The fourth-order valence-electron chi connectivity index (χ4n) is 1.37. The van der Waals surface area contributed by atoms with Crippen LogP contribution in [0.4, 0.5) is 0 Å². The third-order valence-corrected chi connectivity index (χ3v) is 3.79. The van der Waals surface area contributed by atoms with E-state index in [2.05, 4.69) is 59.5 Å². The lowest BCUT2D eigenvalue weighted by atomic mass is 10.1. The van der Waals surface area contributed by atoms with E-state index in [0.29, 0.717) is 6.04 Å². The Hall–Kier alpha value is -0.120. The van der Waals surface area contributed by atoms with Gasteiger partial charge in [0.15, 0.2) is 0 Å². The van der Waals surface area contributed by atoms with E-state index in [4.69, 9.17) is 0 Å². The largest absolute Gasteiger partial charge is 0.306 e. The number of rotatable bonds is 5. The van der Waals surface area contributed by atoms with Crippen LogP contribution in [0, 0.1) is 0 Å². The summed E-state index contributed by atoms with van der Waals surface area (Å²) in [5.74, 6) is 0. The predicted octanol–water partition coefficient (Wildman–Crippen LogP) is 4.52. The normalized spacial score (nSPS) is 12.5. The van der Waals surface area contributed by atoms with Crippen LogP contribution in [0.2, 0.25) is 0 Å². The molecule has 1 N–H and O–H groups in total. The van der Waals surface area contributed by atoms with Crippen LogP contribution >= 0.6 is 27.3 Å². The topological polar surface area (TPSA) is 12.0 Å². The van der Waals surface area contributed by atoms with E-state index in [1.54, 1.807) is 11.3 Å². The zero-order valence-electron chi connectivity index (χ0n) is 9.51. The average molecular weight is 288 g/mol. The first-order valence-electron chi connectivity index (χ1n) is 5.25. The number of halogens is 1. The van der Waals surface area contributed by atoms with E-state index in [0.717, 1.165) is 6.54 Å². The summed E-state index contributed by atoms with van der Waals surface area (Å²) in [5, 5.41) is 5.68. The van der Waals surface area contributed by atoms with Crippen LogP contribution < -0.4 is 5.32 Å². The number of allylic oxidation sites excluding steroid dienone is 1. The van der Waals surface area contributed by atoms with Crippen molar-refractivity contribution in [2.45, 2.75) is 33.2 Å². The molecule has 0 aliphatic heterocycles. The summed E-state index contributed by atoms with van der Waals surface area (Å²) in [7, 11) is 0. The van der Waals surface area contributed by atoms with E-state index >= 15 is 0 Å². The standard InChI is InChI=1S/C12H18BrNS/c1-4-5-14-11(6-9(2)3)12-7-10(13)8-15-12/h6-8,11,14H,4-5H2,1-3H3. The molecule has 0 spiro atoms. The Morgan fingerprint density at radius 2 is 2.33 bits per heavy atom. The molecule has 0 saturated heterocycles. The van der Waals surface area contributed by atoms with Crippen LogP contribution in [0.1, 0.15) is 38.1 Å². The summed E-state index contributed by atoms with van der Waals surface area (Å²) in [6.45, 7) is 7.54. The van der Waals surface area contributed by atoms with Crippen molar-refractivity contribution in [3.05, 3.63) is 32.4 Å². The van der Waals surface area contributed by atoms with Crippen molar-refractivity contribution in [3.8, 4) is 0 Å². The molecular weight excluding hydrogens is 270 g/mol. The van der Waals surface area contributed by atoms with Crippen LogP contribution in [0.15, 0.2) is 27.6 Å². The lowest BCUT2D eigenvalue weighted by Crippen LogP contribution is -2.19. The molecule has 0 amide bonds. The first-order chi connectivity index (χ1) is 7.13. The summed E-state index contributed by atoms with van der Waals surface area (Å²) in [4.78, 5) is 1.37. The summed E-state index contributed by atoms with van der Waals surface area (Å²) >= 11 is 5.29. The zero-order chi connectivity index (χ0) is 11.3. The highest BCUT2D eigenvalue weighted by Gasteiger charge is 2.09. The number of thiophene rings is 1. The molecule has 0 aromatic carbocycles. The van der Waals surface area contributed by atoms with Gasteiger partial charge in [-0.15, -0.1) is 11.3 Å². The molecule has 0 fully saturated rings. The van der Waals surface area contributed by atoms with E-state index in [1.807, 2.05) is 0 Å². The van der Waals surface area contributed by atoms with Crippen LogP contribution in [0.25, 0.3) is 0 Å². The predicted molar refractivity (Wildman–Crippen MR) is 72.5 cm³/mol. The minimum Gasteiger partial charge on any atom is -0.306 e. The maximum absolute atomic E-state index is 3.54. The van der Waals surface area contributed by atoms with Gasteiger partial charge in [0.1, 0.15) is 0 Å². The molecule has 1 aromatic heterocycles. The molecule has 0 radical (unpaired) electrons. The minimum atomic E-state index is 0.367. The third kappa shape index (κ3) is 4.49. The molecular formula is C12H18BrNS. The van der Waals surface area contributed by atoms with Crippen molar-refractivity contribution in [2.75, 3.05) is 6.54 Å². The smallest absolute Gasteiger partial charge is 0.0603 e. The molecule has 1 heterocycles. The van der Waals surface area contributed by atoms with Crippen molar-refractivity contribution in [3.63, 3.8) is 0 Å². The van der Waals surface area contributed by atoms with Gasteiger partial charge >= 0.3 is 0 Å². The summed E-state index contributed by atoms with van der Waals surface area (Å²) in [6.07, 6.45) is 3.45. The Morgan fingerprint density at radius 1 is 1.60 bits per heavy atom. The van der Waals surface area contributed by atoms with Crippen molar-refractivity contribution >= 4 is 27.3 Å². The molecule has 0 aliphatic carbocycles. The molecule has 84 valence electrons. The van der Waals surface area contributed by atoms with E-state index in [9.17, 15) is 0 Å². The molecule has 1 atom stereocenters. The van der Waals surface area contributed by atoms with Crippen molar-refractivity contribution in [1.29, 1.82) is 0 Å². The highest BCUT2D eigenvalue weighted by Crippen LogP contribution is 2.27. The Kier molecular flexibility index (Phi) is 5.58. The number of hydrogen-bond donors (Lipinski definition) is 1.